The smallest absolute Gasteiger partial charge is 0.156 e. The van der Waals surface area contributed by atoms with Crippen LogP contribution in [0, 0.1) is 0 Å². The fraction of sp³-hybridized carbons (Fsp3) is 0.259. The molecule has 32 heavy (non-hydrogen) atoms. The Morgan fingerprint density at radius 2 is 1.88 bits per heavy atom. The van der Waals surface area contributed by atoms with Crippen LogP contribution in [-0.2, 0) is 16.6 Å². The molecule has 1 unspecified atom stereocenters. The summed E-state index contributed by atoms with van der Waals surface area (Å²) < 4.78 is 1.87. The normalized spacial score (nSPS) is 19.7. The number of hydrogen-bond acceptors (Lipinski definition) is 4. The fourth-order valence-corrected chi connectivity index (χ4v) is 4.51. The van der Waals surface area contributed by atoms with E-state index in [2.05, 4.69) is 91.1 Å². The van der Waals surface area contributed by atoms with E-state index >= 15 is 0 Å². The SMILES string of the molecule is CN(C)c1cccc(C2(c3ccccc3)C=Cc3c(NC4CC4)nn(C=CC=O)c3C2)c1. The van der Waals surface area contributed by atoms with Crippen molar-refractivity contribution in [2.75, 3.05) is 24.3 Å². The van der Waals surface area contributed by atoms with Gasteiger partial charge in [0.05, 0.1) is 5.69 Å². The van der Waals surface area contributed by atoms with Gasteiger partial charge in [0.25, 0.3) is 0 Å². The molecule has 0 amide bonds. The number of fused-ring (bicyclic) bond motifs is 1. The zero-order valence-electron chi connectivity index (χ0n) is 18.5. The van der Waals surface area contributed by atoms with Crippen LogP contribution in [0.4, 0.5) is 11.5 Å². The van der Waals surface area contributed by atoms with Gasteiger partial charge >= 0.3 is 0 Å². The molecule has 1 N–H and O–H groups in total. The zero-order valence-corrected chi connectivity index (χ0v) is 18.5. The molecule has 1 atom stereocenters. The number of hydrogen-bond donors (Lipinski definition) is 1. The highest BCUT2D eigenvalue weighted by atomic mass is 16.1. The van der Waals surface area contributed by atoms with Crippen LogP contribution in [0.3, 0.4) is 0 Å². The molecule has 5 rings (SSSR count). The van der Waals surface area contributed by atoms with Gasteiger partial charge in [-0.3, -0.25) is 4.79 Å². The number of benzene rings is 2. The molecule has 0 aliphatic heterocycles. The number of nitrogens with one attached hydrogen (secondary N) is 1. The molecule has 1 fully saturated rings. The van der Waals surface area contributed by atoms with Gasteiger partial charge in [-0.2, -0.15) is 5.10 Å². The average Bonchev–Trinajstić information content (AvgIpc) is 3.59. The number of allylic oxidation sites excluding steroid dienone is 2. The Bertz CT molecular complexity index is 1190. The highest BCUT2D eigenvalue weighted by molar-refractivity contribution is 5.74. The molecule has 1 saturated carbocycles. The van der Waals surface area contributed by atoms with Gasteiger partial charge in [-0.15, -0.1) is 0 Å². The van der Waals surface area contributed by atoms with Gasteiger partial charge < -0.3 is 10.2 Å². The Morgan fingerprint density at radius 3 is 2.59 bits per heavy atom. The molecule has 162 valence electrons. The van der Waals surface area contributed by atoms with Gasteiger partial charge in [-0.1, -0.05) is 54.6 Å². The van der Waals surface area contributed by atoms with Crippen molar-refractivity contribution in [2.45, 2.75) is 30.7 Å². The largest absolute Gasteiger partial charge is 0.378 e. The van der Waals surface area contributed by atoms with Crippen molar-refractivity contribution in [2.24, 2.45) is 0 Å². The molecule has 2 aliphatic carbocycles. The van der Waals surface area contributed by atoms with E-state index in [9.17, 15) is 4.79 Å². The van der Waals surface area contributed by atoms with Crippen molar-refractivity contribution < 1.29 is 4.79 Å². The van der Waals surface area contributed by atoms with Crippen LogP contribution < -0.4 is 10.2 Å². The first-order valence-corrected chi connectivity index (χ1v) is 11.1. The van der Waals surface area contributed by atoms with Crippen molar-refractivity contribution in [3.8, 4) is 0 Å². The lowest BCUT2D eigenvalue weighted by Gasteiger charge is -2.35. The molecule has 2 aromatic carbocycles. The van der Waals surface area contributed by atoms with Crippen molar-refractivity contribution >= 4 is 30.1 Å². The van der Waals surface area contributed by atoms with Crippen molar-refractivity contribution in [1.82, 2.24) is 9.78 Å². The van der Waals surface area contributed by atoms with Crippen molar-refractivity contribution in [3.63, 3.8) is 0 Å². The van der Waals surface area contributed by atoms with Crippen LogP contribution in [0.15, 0.2) is 66.7 Å². The summed E-state index contributed by atoms with van der Waals surface area (Å²) in [7, 11) is 4.14. The van der Waals surface area contributed by atoms with E-state index in [1.54, 1.807) is 6.20 Å². The lowest BCUT2D eigenvalue weighted by molar-refractivity contribution is -0.104. The lowest BCUT2D eigenvalue weighted by atomic mass is 9.68. The fourth-order valence-electron chi connectivity index (χ4n) is 4.51. The molecular weight excluding hydrogens is 396 g/mol. The molecule has 1 heterocycles. The van der Waals surface area contributed by atoms with E-state index in [4.69, 9.17) is 5.10 Å². The van der Waals surface area contributed by atoms with Crippen LogP contribution in [0.25, 0.3) is 12.3 Å². The molecule has 3 aromatic rings. The van der Waals surface area contributed by atoms with Crippen LogP contribution in [-0.4, -0.2) is 36.2 Å². The standard InChI is InChI=1S/C27H28N4O/c1-30(2)23-11-6-10-21(18-23)27(20-8-4-3-5-9-20)15-14-24-25(19-27)31(16-7-17-32)29-26(24)28-22-12-13-22/h3-11,14-18,22H,12-13,19H2,1-2H3,(H,28,29). The van der Waals surface area contributed by atoms with Gasteiger partial charge in [-0.05, 0) is 42.2 Å². The Hall–Kier alpha value is -3.60. The number of rotatable bonds is 7. The van der Waals surface area contributed by atoms with E-state index in [1.807, 2.05) is 4.68 Å². The molecule has 1 aromatic heterocycles. The Morgan fingerprint density at radius 1 is 1.09 bits per heavy atom. The highest BCUT2D eigenvalue weighted by Crippen LogP contribution is 2.44. The number of aldehydes is 1. The van der Waals surface area contributed by atoms with Gasteiger partial charge in [0, 0.05) is 49.4 Å². The zero-order chi connectivity index (χ0) is 22.1. The average molecular weight is 425 g/mol. The molecule has 5 heteroatoms. The summed E-state index contributed by atoms with van der Waals surface area (Å²) in [5, 5.41) is 8.37. The molecular formula is C27H28N4O. The molecule has 0 spiro atoms. The van der Waals surface area contributed by atoms with Crippen LogP contribution in [0.2, 0.25) is 0 Å². The Balaban J connectivity index is 1.67. The van der Waals surface area contributed by atoms with E-state index < -0.39 is 0 Å². The second kappa shape index (κ2) is 8.15. The molecule has 5 nitrogen and oxygen atoms in total. The molecule has 0 bridgehead atoms. The number of carbonyl (C=O) groups excluding carboxylic acids is 1. The first-order chi connectivity index (χ1) is 15.6. The first-order valence-electron chi connectivity index (χ1n) is 11.1. The summed E-state index contributed by atoms with van der Waals surface area (Å²) in [6, 6.07) is 19.9. The second-order valence-electron chi connectivity index (χ2n) is 8.84. The monoisotopic (exact) mass is 424 g/mol. The van der Waals surface area contributed by atoms with E-state index in [1.165, 1.54) is 35.7 Å². The maximum Gasteiger partial charge on any atom is 0.156 e. The summed E-state index contributed by atoms with van der Waals surface area (Å²) >= 11 is 0. The number of anilines is 2. The summed E-state index contributed by atoms with van der Waals surface area (Å²) in [5.74, 6) is 0.901. The molecule has 0 saturated heterocycles. The number of aromatic nitrogens is 2. The maximum absolute atomic E-state index is 11.1. The maximum atomic E-state index is 11.1. The van der Waals surface area contributed by atoms with E-state index in [-0.39, 0.29) is 5.41 Å². The Kier molecular flexibility index (Phi) is 5.17. The molecule has 0 radical (unpaired) electrons. The van der Waals surface area contributed by atoms with Crippen LogP contribution in [0.5, 0.6) is 0 Å². The summed E-state index contributed by atoms with van der Waals surface area (Å²) in [6.45, 7) is 0. The predicted molar refractivity (Wildman–Crippen MR) is 131 cm³/mol. The number of nitrogens with zero attached hydrogens (tertiary/aromatic N) is 3. The van der Waals surface area contributed by atoms with E-state index in [0.717, 1.165) is 29.8 Å². The first kappa shape index (κ1) is 20.3. The highest BCUT2D eigenvalue weighted by Gasteiger charge is 2.38. The Labute approximate surface area is 189 Å². The summed E-state index contributed by atoms with van der Waals surface area (Å²) in [5.41, 5.74) is 5.53. The molecule has 2 aliphatic rings. The van der Waals surface area contributed by atoms with E-state index in [0.29, 0.717) is 6.04 Å². The van der Waals surface area contributed by atoms with Crippen LogP contribution in [0.1, 0.15) is 35.2 Å². The third-order valence-corrected chi connectivity index (χ3v) is 6.42. The minimum Gasteiger partial charge on any atom is -0.378 e. The minimum atomic E-state index is -0.329. The third-order valence-electron chi connectivity index (χ3n) is 6.42. The van der Waals surface area contributed by atoms with Gasteiger partial charge in [0.2, 0.25) is 0 Å². The minimum absolute atomic E-state index is 0.329. The summed E-state index contributed by atoms with van der Waals surface area (Å²) in [4.78, 5) is 13.2. The van der Waals surface area contributed by atoms with Crippen molar-refractivity contribution in [1.29, 1.82) is 0 Å². The third kappa shape index (κ3) is 3.64. The predicted octanol–water partition coefficient (Wildman–Crippen LogP) is 4.75. The van der Waals surface area contributed by atoms with Crippen LogP contribution >= 0.6 is 0 Å². The van der Waals surface area contributed by atoms with Crippen molar-refractivity contribution in [3.05, 3.63) is 89.1 Å². The lowest BCUT2D eigenvalue weighted by Crippen LogP contribution is -2.31. The topological polar surface area (TPSA) is 50.2 Å². The second-order valence-corrected chi connectivity index (χ2v) is 8.84. The number of carbonyl (C=O) groups is 1. The van der Waals surface area contributed by atoms with Gasteiger partial charge in [0.1, 0.15) is 6.29 Å². The van der Waals surface area contributed by atoms with Gasteiger partial charge in [-0.25, -0.2) is 4.68 Å². The van der Waals surface area contributed by atoms with Gasteiger partial charge in [0.15, 0.2) is 5.82 Å². The quantitative estimate of drug-likeness (QED) is 0.439. The summed E-state index contributed by atoms with van der Waals surface area (Å²) in [6.07, 6.45) is 11.7.